The minimum atomic E-state index is -0.520. The van der Waals surface area contributed by atoms with E-state index in [-0.39, 0.29) is 24.5 Å². The van der Waals surface area contributed by atoms with E-state index in [1.54, 1.807) is 37.3 Å². The maximum absolute atomic E-state index is 13.0. The van der Waals surface area contributed by atoms with Crippen LogP contribution in [0.25, 0.3) is 0 Å². The molecule has 0 fully saturated rings. The molecule has 2 rings (SSSR count). The number of ether oxygens (including phenoxy) is 2. The minimum Gasteiger partial charge on any atom is -0.483 e. The first kappa shape index (κ1) is 16.5. The van der Waals surface area contributed by atoms with Gasteiger partial charge in [-0.2, -0.15) is 0 Å². The molecule has 120 valence electrons. The van der Waals surface area contributed by atoms with Crippen molar-refractivity contribution in [1.29, 1.82) is 0 Å². The Labute approximate surface area is 133 Å². The summed E-state index contributed by atoms with van der Waals surface area (Å²) in [6.07, 6.45) is 0. The Balaban J connectivity index is 1.98. The molecule has 2 aromatic rings. The van der Waals surface area contributed by atoms with Gasteiger partial charge in [0.2, 0.25) is 0 Å². The summed E-state index contributed by atoms with van der Waals surface area (Å²) in [6, 6.07) is 12.0. The summed E-state index contributed by atoms with van der Waals surface area (Å²) in [6.45, 7) is 1.63. The number of para-hydroxylation sites is 1. The molecule has 0 heterocycles. The van der Waals surface area contributed by atoms with Gasteiger partial charge in [0.15, 0.2) is 6.61 Å². The number of carbonyl (C=O) groups is 2. The molecular weight excluding hydrogens is 301 g/mol. The topological polar surface area (TPSA) is 64.6 Å². The molecule has 0 aliphatic heterocycles. The predicted octanol–water partition coefficient (Wildman–Crippen LogP) is 3.02. The van der Waals surface area contributed by atoms with E-state index in [4.69, 9.17) is 9.47 Å². The number of rotatable bonds is 6. The molecule has 1 N–H and O–H groups in total. The molecule has 0 saturated heterocycles. The predicted molar refractivity (Wildman–Crippen MR) is 82.9 cm³/mol. The van der Waals surface area contributed by atoms with E-state index in [0.29, 0.717) is 5.69 Å². The maximum Gasteiger partial charge on any atom is 0.341 e. The molecule has 0 bridgehead atoms. The number of benzene rings is 2. The summed E-state index contributed by atoms with van der Waals surface area (Å²) in [7, 11) is 0. The van der Waals surface area contributed by atoms with Crippen LogP contribution in [-0.2, 0) is 9.53 Å². The number of carbonyl (C=O) groups excluding carboxylic acids is 2. The van der Waals surface area contributed by atoms with Gasteiger partial charge in [-0.15, -0.1) is 0 Å². The molecule has 0 aromatic heterocycles. The highest BCUT2D eigenvalue weighted by Crippen LogP contribution is 2.19. The van der Waals surface area contributed by atoms with Gasteiger partial charge in [0.1, 0.15) is 17.1 Å². The zero-order valence-electron chi connectivity index (χ0n) is 12.5. The smallest absolute Gasteiger partial charge is 0.341 e. The number of halogens is 1. The van der Waals surface area contributed by atoms with E-state index in [1.807, 2.05) is 0 Å². The normalized spacial score (nSPS) is 10.0. The van der Waals surface area contributed by atoms with Crippen molar-refractivity contribution in [3.8, 4) is 5.75 Å². The van der Waals surface area contributed by atoms with Gasteiger partial charge in [-0.05, 0) is 37.3 Å². The largest absolute Gasteiger partial charge is 0.483 e. The van der Waals surface area contributed by atoms with Gasteiger partial charge >= 0.3 is 5.97 Å². The summed E-state index contributed by atoms with van der Waals surface area (Å²) < 4.78 is 23.3. The van der Waals surface area contributed by atoms with E-state index >= 15 is 0 Å². The molecule has 5 nitrogen and oxygen atoms in total. The second-order valence-electron chi connectivity index (χ2n) is 4.56. The van der Waals surface area contributed by atoms with Crippen LogP contribution in [-0.4, -0.2) is 25.1 Å². The van der Waals surface area contributed by atoms with E-state index in [0.717, 1.165) is 0 Å². The van der Waals surface area contributed by atoms with Crippen molar-refractivity contribution in [1.82, 2.24) is 0 Å². The number of amides is 1. The van der Waals surface area contributed by atoms with E-state index in [9.17, 15) is 14.0 Å². The summed E-state index contributed by atoms with van der Waals surface area (Å²) in [5.41, 5.74) is 0.574. The molecule has 2 aromatic carbocycles. The highest BCUT2D eigenvalue weighted by Gasteiger charge is 2.14. The maximum atomic E-state index is 13.0. The van der Waals surface area contributed by atoms with Crippen LogP contribution in [0.1, 0.15) is 17.3 Å². The Bertz CT molecular complexity index is 702. The van der Waals surface area contributed by atoms with Gasteiger partial charge in [0.25, 0.3) is 5.91 Å². The van der Waals surface area contributed by atoms with Crippen LogP contribution < -0.4 is 10.1 Å². The molecule has 0 unspecified atom stereocenters. The molecule has 1 amide bonds. The zero-order chi connectivity index (χ0) is 16.7. The molecule has 23 heavy (non-hydrogen) atoms. The first-order chi connectivity index (χ1) is 11.1. The van der Waals surface area contributed by atoms with E-state index in [2.05, 4.69) is 5.32 Å². The summed E-state index contributed by atoms with van der Waals surface area (Å²) in [4.78, 5) is 23.6. The van der Waals surface area contributed by atoms with Crippen molar-refractivity contribution in [2.75, 3.05) is 18.5 Å². The Hall–Kier alpha value is -2.89. The molecular formula is C17H16FNO4. The Morgan fingerprint density at radius 3 is 2.65 bits per heavy atom. The second kappa shape index (κ2) is 7.93. The molecule has 0 aliphatic carbocycles. The van der Waals surface area contributed by atoms with Crippen LogP contribution in [0.3, 0.4) is 0 Å². The summed E-state index contributed by atoms with van der Waals surface area (Å²) in [5, 5.41) is 2.51. The standard InChI is InChI=1S/C17H16FNO4/c1-2-22-17(21)14-8-3-4-9-15(14)23-11-16(20)19-13-7-5-6-12(18)10-13/h3-10H,2,11H2,1H3,(H,19,20). The van der Waals surface area contributed by atoms with Crippen LogP contribution in [0.5, 0.6) is 5.75 Å². The Morgan fingerprint density at radius 2 is 1.91 bits per heavy atom. The van der Waals surface area contributed by atoms with Gasteiger partial charge in [-0.3, -0.25) is 4.79 Å². The number of esters is 1. The van der Waals surface area contributed by atoms with Gasteiger partial charge in [0.05, 0.1) is 6.61 Å². The third-order valence-electron chi connectivity index (χ3n) is 2.85. The van der Waals surface area contributed by atoms with E-state index < -0.39 is 17.7 Å². The number of hydrogen-bond acceptors (Lipinski definition) is 4. The Kier molecular flexibility index (Phi) is 5.68. The highest BCUT2D eigenvalue weighted by atomic mass is 19.1. The van der Waals surface area contributed by atoms with Gasteiger partial charge in [-0.25, -0.2) is 9.18 Å². The van der Waals surface area contributed by atoms with Crippen molar-refractivity contribution >= 4 is 17.6 Å². The fourth-order valence-corrected chi connectivity index (χ4v) is 1.88. The Morgan fingerprint density at radius 1 is 1.13 bits per heavy atom. The third kappa shape index (κ3) is 4.81. The van der Waals surface area contributed by atoms with Crippen molar-refractivity contribution in [2.24, 2.45) is 0 Å². The fourth-order valence-electron chi connectivity index (χ4n) is 1.88. The lowest BCUT2D eigenvalue weighted by Crippen LogP contribution is -2.21. The van der Waals surface area contributed by atoms with Gasteiger partial charge in [0, 0.05) is 5.69 Å². The zero-order valence-corrected chi connectivity index (χ0v) is 12.5. The van der Waals surface area contributed by atoms with Crippen molar-refractivity contribution < 1.29 is 23.5 Å². The third-order valence-corrected chi connectivity index (χ3v) is 2.85. The number of anilines is 1. The molecule has 0 saturated carbocycles. The number of hydrogen-bond donors (Lipinski definition) is 1. The quantitative estimate of drug-likeness (QED) is 0.832. The van der Waals surface area contributed by atoms with Crippen molar-refractivity contribution in [3.63, 3.8) is 0 Å². The minimum absolute atomic E-state index is 0.243. The van der Waals surface area contributed by atoms with Crippen LogP contribution in [0.15, 0.2) is 48.5 Å². The summed E-state index contributed by atoms with van der Waals surface area (Å²) >= 11 is 0. The second-order valence-corrected chi connectivity index (χ2v) is 4.56. The molecule has 0 aliphatic rings. The lowest BCUT2D eigenvalue weighted by atomic mass is 10.2. The average Bonchev–Trinajstić information content (AvgIpc) is 2.53. The van der Waals surface area contributed by atoms with Gasteiger partial charge < -0.3 is 14.8 Å². The summed E-state index contributed by atoms with van der Waals surface area (Å²) in [5.74, 6) is -1.18. The van der Waals surface area contributed by atoms with Gasteiger partial charge in [-0.1, -0.05) is 18.2 Å². The van der Waals surface area contributed by atoms with Crippen LogP contribution in [0.4, 0.5) is 10.1 Å². The van der Waals surface area contributed by atoms with Crippen LogP contribution in [0, 0.1) is 5.82 Å². The molecule has 0 spiro atoms. The van der Waals surface area contributed by atoms with Crippen molar-refractivity contribution in [3.05, 3.63) is 59.9 Å². The highest BCUT2D eigenvalue weighted by molar-refractivity contribution is 5.94. The first-order valence-corrected chi connectivity index (χ1v) is 7.04. The SMILES string of the molecule is CCOC(=O)c1ccccc1OCC(=O)Nc1cccc(F)c1. The first-order valence-electron chi connectivity index (χ1n) is 7.04. The molecule has 0 atom stereocenters. The molecule has 0 radical (unpaired) electrons. The monoisotopic (exact) mass is 317 g/mol. The van der Waals surface area contributed by atoms with E-state index in [1.165, 1.54) is 18.2 Å². The lowest BCUT2D eigenvalue weighted by molar-refractivity contribution is -0.118. The molecule has 6 heteroatoms. The number of nitrogens with one attached hydrogen (secondary N) is 1. The van der Waals surface area contributed by atoms with Crippen molar-refractivity contribution in [2.45, 2.75) is 6.92 Å². The van der Waals surface area contributed by atoms with Crippen LogP contribution >= 0.6 is 0 Å². The fraction of sp³-hybridized carbons (Fsp3) is 0.176. The average molecular weight is 317 g/mol. The van der Waals surface area contributed by atoms with Crippen LogP contribution in [0.2, 0.25) is 0 Å². The lowest BCUT2D eigenvalue weighted by Gasteiger charge is -2.11.